The smallest absolute Gasteiger partial charge is 0.369 e. The molecule has 1 aliphatic carbocycles. The highest BCUT2D eigenvalue weighted by Gasteiger charge is 2.48. The number of aromatic nitrogens is 16. The number of rotatable bonds is 22. The van der Waals surface area contributed by atoms with E-state index in [1.807, 2.05) is 193 Å². The maximum atomic E-state index is 13.3. The third kappa shape index (κ3) is 22.6. The molecule has 41 nitrogen and oxygen atoms in total. The molecule has 1 unspecified atom stereocenters. The number of aromatic amines is 7. The van der Waals surface area contributed by atoms with Gasteiger partial charge >= 0.3 is 17.9 Å². The molecule has 2 fully saturated rings. The van der Waals surface area contributed by atoms with Gasteiger partial charge in [0.05, 0.1) is 66.9 Å². The van der Waals surface area contributed by atoms with Crippen molar-refractivity contribution in [1.29, 1.82) is 0 Å². The number of H-pyrrole nitrogens is 7. The van der Waals surface area contributed by atoms with E-state index in [4.69, 9.17) is 40.5 Å². The molecule has 12 aromatic rings. The van der Waals surface area contributed by atoms with Crippen LogP contribution < -0.4 is 22.1 Å². The van der Waals surface area contributed by atoms with Crippen LogP contribution in [0.4, 0.5) is 74.6 Å². The first-order chi connectivity index (χ1) is 62.5. The molecule has 4 aromatic carbocycles. The van der Waals surface area contributed by atoms with Crippen molar-refractivity contribution in [2.45, 2.75) is 203 Å². The molecule has 1 saturated heterocycles. The highest BCUT2D eigenvalue weighted by Crippen LogP contribution is 2.43. The Morgan fingerprint density at radius 3 is 1.62 bits per heavy atom. The molecule has 0 bridgehead atoms. The Bertz CT molecular complexity index is 6580. The van der Waals surface area contributed by atoms with Crippen LogP contribution in [-0.2, 0) is 55.3 Å². The fraction of sp³-hybridized carbons (Fsp3) is 0.378. The fourth-order valence-corrected chi connectivity index (χ4v) is 13.3. The summed E-state index contributed by atoms with van der Waals surface area (Å²) in [5.74, 6) is -2.36. The minimum atomic E-state index is -1.15. The summed E-state index contributed by atoms with van der Waals surface area (Å²) in [6.07, 6.45) is 6.37. The average molecular weight is 1780 g/mol. The second-order valence-corrected chi connectivity index (χ2v) is 33.2. The van der Waals surface area contributed by atoms with Gasteiger partial charge in [0.1, 0.15) is 17.0 Å². The molecule has 9 heterocycles. The number of esters is 3. The Labute approximate surface area is 753 Å². The van der Waals surface area contributed by atoms with Crippen LogP contribution in [-0.4, -0.2) is 126 Å². The Hall–Kier alpha value is -16.2. The first-order valence-corrected chi connectivity index (χ1v) is 42.2. The number of benzene rings is 4. The normalized spacial score (nSPS) is 13.3. The number of carbonyl (C=O) groups is 3. The minimum Gasteiger partial charge on any atom is -0.506 e. The summed E-state index contributed by atoms with van der Waals surface area (Å²) >= 11 is 0. The Balaban J connectivity index is 0.000000171. The molecule has 680 valence electrons. The van der Waals surface area contributed by atoms with Gasteiger partial charge in [0, 0.05) is 55.0 Å². The summed E-state index contributed by atoms with van der Waals surface area (Å²) in [5, 5.41) is 96.7. The second-order valence-electron chi connectivity index (χ2n) is 33.2. The number of phenolic OH excluding ortho intramolecular Hbond substituents is 1. The maximum Gasteiger partial charge on any atom is 0.369 e. The summed E-state index contributed by atoms with van der Waals surface area (Å²) in [6.45, 7) is 61.0. The van der Waals surface area contributed by atoms with Crippen LogP contribution in [0.2, 0.25) is 0 Å². The van der Waals surface area contributed by atoms with Gasteiger partial charge in [0.15, 0.2) is 17.2 Å². The SMILES string of the molecule is CCOC(=O)c1c(N=Nc2c(O)n(C)n(C)c2=O)n[nH]c1C(C)C.[C-]#[N+]c1c(N=Nc2c(-c3ccccc3)[nH]n(-c3ccccc3)c2=O)n[nH]c1-c1ccccc1.[C-]#[N+]c1c(N=Nc2c(C(C)(C)C)[nH]n(C(C)(C)C)c2=O)n[nH]c1C(C)C.[C-]#[N+]c1c(N=Nc2cc(C(C)CC)ccc2O)n[nH]c1CCC.[C-]#[N+]c1c(NN=C2C(=O)OC3(CCCCC3)OC2=O)n[nH]c1C(C)C. The standard InChI is InChI=1S/C25H17N7O.C18H27N7O.C17H21N5O.C16H19N5O4.C14H20N6O4/c1-26-22-20(17-11-5-2-6-12-17)27-29-24(22)30-28-23-21(18-13-7-3-8-14-18)31-32(25(23)33)19-15-9-4-10-16-19;1-10(2)11-12(19-9)15(22-20-11)23-21-13-14(17(3,4)5)24-25(16(13)26)18(6,7)8;1-5-7-13-16(18-4)17(21-19-13)22-20-14-10-12(11(3)6-2)8-9-15(14)23;1-9(2)10-11(17-3)13(20-18-10)21-19-12-14(22)24-16(25-15(12)23)7-5-4-6-8-16;1-6-24-14(23)8-9(7(2)3)15-17-11(8)18-16-10-12(21)19(4)20(5)13(10)22/h2-16,31H,(H,27,29);10,24H,1-8H3,(H,20,22);8-11,23H,5-7H2,1-3H3,(H,19,21);9H,4-8H2,1-2H3,(H2,18,20,21);7,21H,6H2,1-5H3,(H,15,17). The van der Waals surface area contributed by atoms with Crippen molar-refractivity contribution >= 4 is 98.2 Å². The monoisotopic (exact) mass is 1780 g/mol. The van der Waals surface area contributed by atoms with Crippen molar-refractivity contribution in [3.8, 4) is 39.8 Å². The van der Waals surface area contributed by atoms with Gasteiger partial charge in [-0.2, -0.15) is 30.6 Å². The van der Waals surface area contributed by atoms with E-state index < -0.39 is 40.5 Å². The predicted octanol–water partition coefficient (Wildman–Crippen LogP) is 21.3. The molecule has 1 aliphatic heterocycles. The largest absolute Gasteiger partial charge is 0.506 e. The zero-order valence-electron chi connectivity index (χ0n) is 76.0. The van der Waals surface area contributed by atoms with Crippen molar-refractivity contribution in [2.24, 2.45) is 60.1 Å². The summed E-state index contributed by atoms with van der Waals surface area (Å²) in [7, 11) is 2.99. The molecule has 131 heavy (non-hydrogen) atoms. The van der Waals surface area contributed by atoms with Gasteiger partial charge in [-0.25, -0.2) is 47.8 Å². The van der Waals surface area contributed by atoms with E-state index in [1.165, 1.54) is 28.1 Å². The van der Waals surface area contributed by atoms with Crippen molar-refractivity contribution in [1.82, 2.24) is 79.9 Å². The molecule has 8 aromatic heterocycles. The zero-order valence-corrected chi connectivity index (χ0v) is 76.0. The van der Waals surface area contributed by atoms with Crippen LogP contribution in [0, 0.1) is 26.3 Å². The fourth-order valence-electron chi connectivity index (χ4n) is 13.3. The Kier molecular flexibility index (Phi) is 31.7. The number of carbonyl (C=O) groups excluding carboxylic acids is 3. The van der Waals surface area contributed by atoms with E-state index >= 15 is 0 Å². The number of azo groups is 4. The molecule has 14 rings (SSSR count). The van der Waals surface area contributed by atoms with E-state index in [2.05, 4.69) is 146 Å². The first-order valence-electron chi connectivity index (χ1n) is 42.2. The number of aryl methyl sites for hydroxylation is 1. The second kappa shape index (κ2) is 42.9. The lowest BCUT2D eigenvalue weighted by atomic mass is 9.91. The maximum absolute atomic E-state index is 13.3. The lowest BCUT2D eigenvalue weighted by Crippen LogP contribution is -2.51. The van der Waals surface area contributed by atoms with Crippen LogP contribution in [0.3, 0.4) is 0 Å². The minimum absolute atomic E-state index is 0.00227. The van der Waals surface area contributed by atoms with Gasteiger partial charge in [-0.05, 0) is 112 Å². The van der Waals surface area contributed by atoms with Crippen LogP contribution in [0.15, 0.2) is 170 Å². The number of aromatic hydroxyl groups is 2. The van der Waals surface area contributed by atoms with Crippen molar-refractivity contribution in [2.75, 3.05) is 12.0 Å². The first kappa shape index (κ1) is 97.0. The molecule has 2 aliphatic rings. The molecule has 1 spiro atoms. The lowest BCUT2D eigenvalue weighted by molar-refractivity contribution is -0.237. The molecular weight excluding hydrogens is 1680 g/mol. The van der Waals surface area contributed by atoms with E-state index in [9.17, 15) is 39.0 Å². The molecule has 41 heteroatoms. The van der Waals surface area contributed by atoms with Crippen LogP contribution >= 0.6 is 0 Å². The lowest BCUT2D eigenvalue weighted by Gasteiger charge is -2.38. The molecule has 0 radical (unpaired) electrons. The molecular formula is C90H104N30O11. The number of ether oxygens (including phenoxy) is 3. The average Bonchev–Trinajstić information content (AvgIpc) is 1.68. The van der Waals surface area contributed by atoms with Gasteiger partial charge in [-0.15, -0.1) is 40.9 Å². The number of hydrazone groups is 1. The number of phenols is 1. The van der Waals surface area contributed by atoms with E-state index in [-0.39, 0.29) is 116 Å². The molecule has 1 saturated carbocycles. The molecule has 1 atom stereocenters. The highest BCUT2D eigenvalue weighted by molar-refractivity contribution is 6.63. The van der Waals surface area contributed by atoms with Gasteiger partial charge in [0.2, 0.25) is 34.8 Å². The third-order valence-corrected chi connectivity index (χ3v) is 20.7. The van der Waals surface area contributed by atoms with Crippen molar-refractivity contribution < 1.29 is 38.8 Å². The van der Waals surface area contributed by atoms with Crippen molar-refractivity contribution in [3.63, 3.8) is 0 Å². The van der Waals surface area contributed by atoms with Gasteiger partial charge in [-0.1, -0.05) is 181 Å². The number of nitrogens with one attached hydrogen (secondary N) is 8. The Morgan fingerprint density at radius 2 is 1.07 bits per heavy atom. The van der Waals surface area contributed by atoms with Gasteiger partial charge in [0.25, 0.3) is 50.9 Å². The number of hydrogen-bond acceptors (Lipinski definition) is 26. The summed E-state index contributed by atoms with van der Waals surface area (Å²) in [5.41, 5.74) is 9.95. The van der Waals surface area contributed by atoms with Crippen LogP contribution in [0.1, 0.15) is 224 Å². The van der Waals surface area contributed by atoms with Gasteiger partial charge < -0.3 is 24.4 Å². The highest BCUT2D eigenvalue weighted by atomic mass is 16.7. The Morgan fingerprint density at radius 1 is 0.557 bits per heavy atom. The zero-order chi connectivity index (χ0) is 95.3. The molecule has 0 amide bonds. The summed E-state index contributed by atoms with van der Waals surface area (Å²) in [4.78, 5) is 88.6. The number of anilines is 1. The summed E-state index contributed by atoms with van der Waals surface area (Å²) in [6, 6.07) is 33.4. The molecule has 10 N–H and O–H groups in total. The van der Waals surface area contributed by atoms with Crippen molar-refractivity contribution in [3.05, 3.63) is 226 Å². The van der Waals surface area contributed by atoms with Crippen LogP contribution in [0.5, 0.6) is 11.6 Å². The third-order valence-electron chi connectivity index (χ3n) is 20.7. The predicted molar refractivity (Wildman–Crippen MR) is 491 cm³/mol. The van der Waals surface area contributed by atoms with E-state index in [1.54, 1.807) is 17.7 Å². The number of hydrogen-bond donors (Lipinski definition) is 10. The number of para-hydroxylation sites is 1. The topological polar surface area (TPSA) is 506 Å². The van der Waals surface area contributed by atoms with Gasteiger partial charge in [-0.3, -0.25) is 60.2 Å². The van der Waals surface area contributed by atoms with E-state index in [0.717, 1.165) is 60.9 Å². The van der Waals surface area contributed by atoms with Crippen LogP contribution in [0.25, 0.3) is 47.6 Å². The summed E-state index contributed by atoms with van der Waals surface area (Å²) < 4.78 is 21.1. The quantitative estimate of drug-likeness (QED) is 0.0130. The van der Waals surface area contributed by atoms with E-state index in [0.29, 0.717) is 75.7 Å². The number of nitrogens with zero attached hydrogens (tertiary/aromatic N) is 22.